The van der Waals surface area contributed by atoms with Gasteiger partial charge in [-0.1, -0.05) is 6.92 Å². The zero-order valence-electron chi connectivity index (χ0n) is 15.8. The van der Waals surface area contributed by atoms with Gasteiger partial charge in [-0.15, -0.1) is 0 Å². The molecule has 1 aliphatic rings. The highest BCUT2D eigenvalue weighted by Gasteiger charge is 2.21. The summed E-state index contributed by atoms with van der Waals surface area (Å²) in [5, 5.41) is 20.7. The van der Waals surface area contributed by atoms with E-state index in [4.69, 9.17) is 14.5 Å². The van der Waals surface area contributed by atoms with Crippen molar-refractivity contribution in [1.29, 1.82) is 0 Å². The van der Waals surface area contributed by atoms with E-state index >= 15 is 0 Å². The number of imidazole rings is 1. The Morgan fingerprint density at radius 1 is 1.00 bits per heavy atom. The quantitative estimate of drug-likeness (QED) is 0.553. The lowest BCUT2D eigenvalue weighted by Crippen LogP contribution is -2.15. The minimum Gasteiger partial charge on any atom is -0.508 e. The Morgan fingerprint density at radius 2 is 1.83 bits per heavy atom. The molecule has 2 N–H and O–H groups in total. The summed E-state index contributed by atoms with van der Waals surface area (Å²) in [5.41, 5.74) is 3.39. The smallest absolute Gasteiger partial charge is 0.164 e. The van der Waals surface area contributed by atoms with Crippen molar-refractivity contribution in [3.63, 3.8) is 0 Å². The van der Waals surface area contributed by atoms with Gasteiger partial charge in [0.1, 0.15) is 30.2 Å². The molecule has 7 nitrogen and oxygen atoms in total. The van der Waals surface area contributed by atoms with E-state index in [1.54, 1.807) is 12.3 Å². The van der Waals surface area contributed by atoms with Crippen LogP contribution in [-0.2, 0) is 6.42 Å². The first kappa shape index (κ1) is 17.4. The number of ether oxygens (including phenoxy) is 2. The zero-order valence-corrected chi connectivity index (χ0v) is 15.8. The molecule has 1 aliphatic heterocycles. The van der Waals surface area contributed by atoms with E-state index in [9.17, 15) is 10.2 Å². The number of phenolic OH excluding ortho intramolecular Hbond substituents is 2. The Labute approximate surface area is 166 Å². The molecule has 146 valence electrons. The Hall–Kier alpha value is -3.74. The topological polar surface area (TPSA) is 89.6 Å². The van der Waals surface area contributed by atoms with Crippen LogP contribution in [0.1, 0.15) is 12.5 Å². The average Bonchev–Trinajstić information content (AvgIpc) is 3.13. The van der Waals surface area contributed by atoms with Crippen molar-refractivity contribution < 1.29 is 19.7 Å². The molecule has 0 spiro atoms. The van der Waals surface area contributed by atoms with Crippen LogP contribution < -0.4 is 9.47 Å². The second-order valence-electron chi connectivity index (χ2n) is 6.80. The van der Waals surface area contributed by atoms with E-state index in [0.717, 1.165) is 11.3 Å². The van der Waals surface area contributed by atoms with Gasteiger partial charge in [0, 0.05) is 18.3 Å². The van der Waals surface area contributed by atoms with E-state index in [0.29, 0.717) is 53.7 Å². The maximum atomic E-state index is 10.6. The Kier molecular flexibility index (Phi) is 4.01. The van der Waals surface area contributed by atoms with Gasteiger partial charge < -0.3 is 19.7 Å². The molecule has 0 amide bonds. The average molecular weight is 389 g/mol. The van der Waals surface area contributed by atoms with Crippen molar-refractivity contribution in [3.8, 4) is 40.1 Å². The molecular weight excluding hydrogens is 370 g/mol. The van der Waals surface area contributed by atoms with Gasteiger partial charge in [0.2, 0.25) is 0 Å². The number of fused-ring (bicyclic) bond motifs is 2. The van der Waals surface area contributed by atoms with E-state index in [2.05, 4.69) is 4.98 Å². The Bertz CT molecular complexity index is 1230. The molecule has 0 saturated carbocycles. The number of hydrogen-bond acceptors (Lipinski definition) is 6. The van der Waals surface area contributed by atoms with Crippen LogP contribution >= 0.6 is 0 Å². The zero-order chi connectivity index (χ0) is 20.0. The lowest BCUT2D eigenvalue weighted by molar-refractivity contribution is 0.171. The Balaban J connectivity index is 1.78. The van der Waals surface area contributed by atoms with Gasteiger partial charge in [0.15, 0.2) is 23.0 Å². The van der Waals surface area contributed by atoms with Crippen LogP contribution in [0.5, 0.6) is 23.0 Å². The first-order chi connectivity index (χ1) is 14.2. The second-order valence-corrected chi connectivity index (χ2v) is 6.80. The number of aromatic hydroxyl groups is 2. The van der Waals surface area contributed by atoms with Gasteiger partial charge in [-0.2, -0.15) is 0 Å². The second kappa shape index (κ2) is 6.70. The molecule has 0 fully saturated rings. The van der Waals surface area contributed by atoms with Gasteiger partial charge in [-0.25, -0.2) is 9.97 Å². The van der Waals surface area contributed by atoms with Crippen LogP contribution in [0.15, 0.2) is 48.7 Å². The fraction of sp³-hybridized carbons (Fsp3) is 0.182. The first-order valence-corrected chi connectivity index (χ1v) is 9.44. The predicted molar refractivity (Wildman–Crippen MR) is 108 cm³/mol. The van der Waals surface area contributed by atoms with Crippen LogP contribution in [0, 0.1) is 0 Å². The molecule has 29 heavy (non-hydrogen) atoms. The fourth-order valence-electron chi connectivity index (χ4n) is 3.59. The van der Waals surface area contributed by atoms with Gasteiger partial charge in [-0.05, 0) is 42.3 Å². The molecule has 0 saturated heterocycles. The van der Waals surface area contributed by atoms with E-state index in [1.807, 2.05) is 41.8 Å². The molecule has 7 heteroatoms. The number of phenols is 2. The summed E-state index contributed by atoms with van der Waals surface area (Å²) in [6, 6.07) is 12.5. The molecule has 4 aromatic rings. The first-order valence-electron chi connectivity index (χ1n) is 9.44. The monoisotopic (exact) mass is 389 g/mol. The number of aromatic nitrogens is 3. The summed E-state index contributed by atoms with van der Waals surface area (Å²) in [5.74, 6) is 1.89. The van der Waals surface area contributed by atoms with Gasteiger partial charge in [-0.3, -0.25) is 4.57 Å². The van der Waals surface area contributed by atoms with Crippen molar-refractivity contribution in [3.05, 3.63) is 54.2 Å². The molecule has 5 rings (SSSR count). The summed E-state index contributed by atoms with van der Waals surface area (Å²) in [7, 11) is 0. The summed E-state index contributed by atoms with van der Waals surface area (Å²) in [4.78, 5) is 9.23. The van der Waals surface area contributed by atoms with Crippen molar-refractivity contribution in [2.45, 2.75) is 13.3 Å². The minimum absolute atomic E-state index is 0.0474. The third kappa shape index (κ3) is 2.82. The van der Waals surface area contributed by atoms with Crippen LogP contribution in [0.4, 0.5) is 0 Å². The maximum Gasteiger partial charge on any atom is 0.164 e. The number of rotatable bonds is 3. The molecule has 0 atom stereocenters. The molecule has 3 heterocycles. The lowest BCUT2D eigenvalue weighted by Gasteiger charge is -2.19. The highest BCUT2D eigenvalue weighted by molar-refractivity contribution is 5.82. The standard InChI is InChI=1S/C22H19N3O4/c1-2-13-10-15(18(27)12-17(13)26)21-24-16-4-3-7-23-22(16)25(21)14-5-6-19-20(11-14)29-9-8-28-19/h3-7,10-12,26-27H,2,8-9H2,1H3. The summed E-state index contributed by atoms with van der Waals surface area (Å²) >= 11 is 0. The molecule has 0 aliphatic carbocycles. The number of pyridine rings is 1. The molecule has 0 radical (unpaired) electrons. The maximum absolute atomic E-state index is 10.6. The molecule has 0 unspecified atom stereocenters. The highest BCUT2D eigenvalue weighted by atomic mass is 16.6. The molecule has 2 aromatic heterocycles. The van der Waals surface area contributed by atoms with Crippen LogP contribution in [0.25, 0.3) is 28.2 Å². The van der Waals surface area contributed by atoms with E-state index in [-0.39, 0.29) is 11.5 Å². The SMILES string of the molecule is CCc1cc(-c2nc3cccnc3n2-c2ccc3c(c2)OCCO3)c(O)cc1O. The van der Waals surface area contributed by atoms with Crippen molar-refractivity contribution in [2.75, 3.05) is 13.2 Å². The van der Waals surface area contributed by atoms with Crippen molar-refractivity contribution >= 4 is 11.2 Å². The normalized spacial score (nSPS) is 13.0. The summed E-state index contributed by atoms with van der Waals surface area (Å²) in [6.07, 6.45) is 2.33. The number of aryl methyl sites for hydroxylation is 1. The number of nitrogens with zero attached hydrogens (tertiary/aromatic N) is 3. The fourth-order valence-corrected chi connectivity index (χ4v) is 3.59. The highest BCUT2D eigenvalue weighted by Crippen LogP contribution is 2.39. The number of benzene rings is 2. The number of hydrogen-bond donors (Lipinski definition) is 2. The third-order valence-electron chi connectivity index (χ3n) is 5.02. The largest absolute Gasteiger partial charge is 0.508 e. The molecular formula is C22H19N3O4. The van der Waals surface area contributed by atoms with Gasteiger partial charge in [0.25, 0.3) is 0 Å². The minimum atomic E-state index is -0.0474. The summed E-state index contributed by atoms with van der Waals surface area (Å²) < 4.78 is 13.2. The van der Waals surface area contributed by atoms with E-state index < -0.39 is 0 Å². The van der Waals surface area contributed by atoms with Crippen molar-refractivity contribution in [1.82, 2.24) is 14.5 Å². The third-order valence-corrected chi connectivity index (χ3v) is 5.02. The van der Waals surface area contributed by atoms with Gasteiger partial charge >= 0.3 is 0 Å². The van der Waals surface area contributed by atoms with Crippen LogP contribution in [0.3, 0.4) is 0 Å². The van der Waals surface area contributed by atoms with Crippen LogP contribution in [-0.4, -0.2) is 38.0 Å². The van der Waals surface area contributed by atoms with E-state index in [1.165, 1.54) is 6.07 Å². The molecule has 2 aromatic carbocycles. The predicted octanol–water partition coefficient (Wildman–Crippen LogP) is 3.83. The van der Waals surface area contributed by atoms with Gasteiger partial charge in [0.05, 0.1) is 11.3 Å². The summed E-state index contributed by atoms with van der Waals surface area (Å²) in [6.45, 7) is 2.96. The molecule has 0 bridgehead atoms. The van der Waals surface area contributed by atoms with Crippen LogP contribution in [0.2, 0.25) is 0 Å². The van der Waals surface area contributed by atoms with Crippen molar-refractivity contribution in [2.24, 2.45) is 0 Å². The lowest BCUT2D eigenvalue weighted by atomic mass is 10.1. The Morgan fingerprint density at radius 3 is 2.66 bits per heavy atom.